The number of alkyl halides is 3. The minimum atomic E-state index is -4.55. The SMILES string of the molecule is CCCOc1ccc(C(F)(F)F)cc1NC(=O)C1CCC2(CC1)NC(=O)NC2=O. The van der Waals surface area contributed by atoms with Gasteiger partial charge in [-0.25, -0.2) is 4.79 Å². The topological polar surface area (TPSA) is 96.5 Å². The van der Waals surface area contributed by atoms with Gasteiger partial charge in [0, 0.05) is 5.92 Å². The van der Waals surface area contributed by atoms with Crippen molar-refractivity contribution in [1.29, 1.82) is 0 Å². The third-order valence-electron chi connectivity index (χ3n) is 5.25. The van der Waals surface area contributed by atoms with Crippen LogP contribution in [0.2, 0.25) is 0 Å². The van der Waals surface area contributed by atoms with Crippen molar-refractivity contribution in [2.75, 3.05) is 11.9 Å². The first kappa shape index (κ1) is 20.9. The molecule has 2 fully saturated rings. The molecular formula is C19H22F3N3O4. The summed E-state index contributed by atoms with van der Waals surface area (Å²) in [6.07, 6.45) is -2.68. The van der Waals surface area contributed by atoms with E-state index in [1.54, 1.807) is 0 Å². The number of anilines is 1. The van der Waals surface area contributed by atoms with Crippen LogP contribution < -0.4 is 20.7 Å². The van der Waals surface area contributed by atoms with Gasteiger partial charge in [-0.15, -0.1) is 0 Å². The highest BCUT2D eigenvalue weighted by atomic mass is 19.4. The van der Waals surface area contributed by atoms with Crippen LogP contribution in [0, 0.1) is 5.92 Å². The van der Waals surface area contributed by atoms with E-state index in [0.29, 0.717) is 25.9 Å². The van der Waals surface area contributed by atoms with E-state index in [4.69, 9.17) is 4.74 Å². The largest absolute Gasteiger partial charge is 0.491 e. The Kier molecular flexibility index (Phi) is 5.72. The molecule has 158 valence electrons. The Morgan fingerprint density at radius 1 is 1.28 bits per heavy atom. The van der Waals surface area contributed by atoms with Crippen molar-refractivity contribution in [3.05, 3.63) is 23.8 Å². The Hall–Kier alpha value is -2.78. The van der Waals surface area contributed by atoms with Gasteiger partial charge in [0.25, 0.3) is 5.91 Å². The molecule has 0 unspecified atom stereocenters. The third-order valence-corrected chi connectivity index (χ3v) is 5.25. The molecule has 0 atom stereocenters. The number of imide groups is 1. The summed E-state index contributed by atoms with van der Waals surface area (Å²) in [6.45, 7) is 2.16. The molecule has 1 aliphatic heterocycles. The summed E-state index contributed by atoms with van der Waals surface area (Å²) < 4.78 is 44.6. The van der Waals surface area contributed by atoms with Crippen molar-refractivity contribution in [1.82, 2.24) is 10.6 Å². The van der Waals surface area contributed by atoms with Crippen molar-refractivity contribution in [3.63, 3.8) is 0 Å². The second-order valence-corrected chi connectivity index (χ2v) is 7.31. The standard InChI is InChI=1S/C19H22F3N3O4/c1-2-9-29-14-4-3-12(19(20,21)22)10-13(14)23-15(26)11-5-7-18(8-6-11)16(27)24-17(28)25-18/h3-4,10-11H,2,5-9H2,1H3,(H,23,26)(H2,24,25,27,28). The molecule has 3 N–H and O–H groups in total. The van der Waals surface area contributed by atoms with E-state index >= 15 is 0 Å². The molecule has 7 nitrogen and oxygen atoms in total. The van der Waals surface area contributed by atoms with E-state index in [2.05, 4.69) is 16.0 Å². The number of benzene rings is 1. The second kappa shape index (κ2) is 7.92. The molecule has 10 heteroatoms. The van der Waals surface area contributed by atoms with E-state index in [1.165, 1.54) is 6.07 Å². The lowest BCUT2D eigenvalue weighted by Gasteiger charge is -2.34. The Morgan fingerprint density at radius 2 is 1.97 bits per heavy atom. The molecule has 1 saturated carbocycles. The molecule has 1 aromatic rings. The van der Waals surface area contributed by atoms with Crippen molar-refractivity contribution >= 4 is 23.5 Å². The zero-order chi connectivity index (χ0) is 21.2. The van der Waals surface area contributed by atoms with Gasteiger partial charge in [-0.2, -0.15) is 13.2 Å². The average molecular weight is 413 g/mol. The summed E-state index contributed by atoms with van der Waals surface area (Å²) in [7, 11) is 0. The van der Waals surface area contributed by atoms with Gasteiger partial charge in [-0.1, -0.05) is 6.92 Å². The normalized spacial score (nSPS) is 24.2. The maximum absolute atomic E-state index is 13.1. The summed E-state index contributed by atoms with van der Waals surface area (Å²) in [4.78, 5) is 36.0. The van der Waals surface area contributed by atoms with Crippen molar-refractivity contribution in [3.8, 4) is 5.75 Å². The van der Waals surface area contributed by atoms with Gasteiger partial charge in [0.15, 0.2) is 0 Å². The number of amides is 4. The number of carbonyl (C=O) groups is 3. The highest BCUT2D eigenvalue weighted by Gasteiger charge is 2.49. The molecule has 0 radical (unpaired) electrons. The summed E-state index contributed by atoms with van der Waals surface area (Å²) in [5.41, 5.74) is -1.92. The molecule has 1 spiro atoms. The Bertz CT molecular complexity index is 817. The number of hydrogen-bond donors (Lipinski definition) is 3. The fourth-order valence-corrected chi connectivity index (χ4v) is 3.63. The molecule has 1 aromatic carbocycles. The van der Waals surface area contributed by atoms with Crippen LogP contribution in [0.1, 0.15) is 44.6 Å². The number of nitrogens with one attached hydrogen (secondary N) is 3. The van der Waals surface area contributed by atoms with E-state index in [9.17, 15) is 27.6 Å². The number of urea groups is 1. The number of carbonyl (C=O) groups excluding carboxylic acids is 3. The monoisotopic (exact) mass is 413 g/mol. The zero-order valence-corrected chi connectivity index (χ0v) is 15.8. The predicted octanol–water partition coefficient (Wildman–Crippen LogP) is 3.20. The van der Waals surface area contributed by atoms with Crippen LogP contribution in [0.3, 0.4) is 0 Å². The van der Waals surface area contributed by atoms with Gasteiger partial charge < -0.3 is 15.4 Å². The molecular weight excluding hydrogens is 391 g/mol. The van der Waals surface area contributed by atoms with Crippen LogP contribution in [0.4, 0.5) is 23.7 Å². The molecule has 1 heterocycles. The predicted molar refractivity (Wildman–Crippen MR) is 97.2 cm³/mol. The van der Waals surface area contributed by atoms with Crippen molar-refractivity contribution in [2.24, 2.45) is 5.92 Å². The fourth-order valence-electron chi connectivity index (χ4n) is 3.63. The van der Waals surface area contributed by atoms with Crippen LogP contribution in [0.15, 0.2) is 18.2 Å². The van der Waals surface area contributed by atoms with E-state index in [0.717, 1.165) is 12.1 Å². The van der Waals surface area contributed by atoms with Gasteiger partial charge in [0.1, 0.15) is 11.3 Å². The Balaban J connectivity index is 1.71. The first-order valence-electron chi connectivity index (χ1n) is 9.43. The summed E-state index contributed by atoms with van der Waals surface area (Å²) in [5, 5.41) is 7.35. The number of halogens is 3. The smallest absolute Gasteiger partial charge is 0.416 e. The van der Waals surface area contributed by atoms with Gasteiger partial charge in [0.05, 0.1) is 17.9 Å². The molecule has 4 amide bonds. The number of hydrogen-bond acceptors (Lipinski definition) is 4. The summed E-state index contributed by atoms with van der Waals surface area (Å²) >= 11 is 0. The molecule has 0 bridgehead atoms. The Morgan fingerprint density at radius 3 is 2.52 bits per heavy atom. The lowest BCUT2D eigenvalue weighted by Crippen LogP contribution is -2.50. The van der Waals surface area contributed by atoms with Gasteiger partial charge >= 0.3 is 12.2 Å². The minimum absolute atomic E-state index is 0.0366. The van der Waals surface area contributed by atoms with Crippen molar-refractivity contribution < 1.29 is 32.3 Å². The molecule has 1 aliphatic carbocycles. The van der Waals surface area contributed by atoms with Gasteiger partial charge in [-0.3, -0.25) is 14.9 Å². The first-order valence-corrected chi connectivity index (χ1v) is 9.43. The highest BCUT2D eigenvalue weighted by molar-refractivity contribution is 6.07. The summed E-state index contributed by atoms with van der Waals surface area (Å²) in [6, 6.07) is 2.41. The second-order valence-electron chi connectivity index (χ2n) is 7.31. The zero-order valence-electron chi connectivity index (χ0n) is 15.8. The lowest BCUT2D eigenvalue weighted by atomic mass is 9.76. The van der Waals surface area contributed by atoms with Crippen LogP contribution in [0.25, 0.3) is 0 Å². The molecule has 29 heavy (non-hydrogen) atoms. The van der Waals surface area contributed by atoms with E-state index in [-0.39, 0.29) is 24.3 Å². The highest BCUT2D eigenvalue weighted by Crippen LogP contribution is 2.37. The number of rotatable bonds is 5. The maximum Gasteiger partial charge on any atom is 0.416 e. The average Bonchev–Trinajstić information content (AvgIpc) is 2.93. The van der Waals surface area contributed by atoms with Gasteiger partial charge in [-0.05, 0) is 50.3 Å². The Labute approximate surface area is 165 Å². The van der Waals surface area contributed by atoms with E-state index < -0.39 is 41.0 Å². The quantitative estimate of drug-likeness (QED) is 0.646. The van der Waals surface area contributed by atoms with Crippen LogP contribution >= 0.6 is 0 Å². The minimum Gasteiger partial charge on any atom is -0.491 e. The van der Waals surface area contributed by atoms with E-state index in [1.807, 2.05) is 6.92 Å². The molecule has 2 aliphatic rings. The lowest BCUT2D eigenvalue weighted by molar-refractivity contribution is -0.137. The summed E-state index contributed by atoms with van der Waals surface area (Å²) in [5.74, 6) is -1.16. The van der Waals surface area contributed by atoms with Crippen LogP contribution in [0.5, 0.6) is 5.75 Å². The number of ether oxygens (including phenoxy) is 1. The van der Waals surface area contributed by atoms with Gasteiger partial charge in [0.2, 0.25) is 5.91 Å². The molecule has 0 aromatic heterocycles. The van der Waals surface area contributed by atoms with Crippen molar-refractivity contribution in [2.45, 2.75) is 50.7 Å². The maximum atomic E-state index is 13.1. The third kappa shape index (κ3) is 4.46. The first-order chi connectivity index (χ1) is 13.6. The van der Waals surface area contributed by atoms with Crippen LogP contribution in [-0.2, 0) is 15.8 Å². The molecule has 1 saturated heterocycles. The fraction of sp³-hybridized carbons (Fsp3) is 0.526. The van der Waals surface area contributed by atoms with Crippen LogP contribution in [-0.4, -0.2) is 30.0 Å². The molecule has 3 rings (SSSR count).